The van der Waals surface area contributed by atoms with Crippen LogP contribution in [0.3, 0.4) is 0 Å². The number of alkyl halides is 3. The molecule has 0 spiro atoms. The van der Waals surface area contributed by atoms with Crippen LogP contribution in [0.5, 0.6) is 0 Å². The summed E-state index contributed by atoms with van der Waals surface area (Å²) < 4.78 is 13.4. The normalized spacial score (nSPS) is 21.7. The first kappa shape index (κ1) is 36.7. The van der Waals surface area contributed by atoms with Crippen molar-refractivity contribution < 1.29 is 19.4 Å². The van der Waals surface area contributed by atoms with E-state index < -0.39 is 16.0 Å². The van der Waals surface area contributed by atoms with Gasteiger partial charge in [-0.2, -0.15) is 0 Å². The van der Waals surface area contributed by atoms with E-state index in [2.05, 4.69) is 22.1 Å². The number of hydrogen-bond acceptors (Lipinski definition) is 6. The number of aliphatic hydroxyl groups is 1. The van der Waals surface area contributed by atoms with Gasteiger partial charge in [-0.25, -0.2) is 4.79 Å². The largest absolute Gasteiger partial charge is 0.392 e. The van der Waals surface area contributed by atoms with Gasteiger partial charge in [-0.15, -0.1) is 0 Å². The molecule has 0 saturated carbocycles. The Morgan fingerprint density at radius 3 is 2.31 bits per heavy atom. The predicted molar refractivity (Wildman–Crippen MR) is 204 cm³/mol. The van der Waals surface area contributed by atoms with Crippen LogP contribution in [-0.4, -0.2) is 55.0 Å². The van der Waals surface area contributed by atoms with Crippen molar-refractivity contribution in [2.24, 2.45) is 5.92 Å². The fourth-order valence-corrected chi connectivity index (χ4v) is 7.56. The van der Waals surface area contributed by atoms with E-state index in [1.165, 1.54) is 0 Å². The summed E-state index contributed by atoms with van der Waals surface area (Å²) in [6.45, 7) is 4.83. The van der Waals surface area contributed by atoms with Gasteiger partial charge in [-0.3, -0.25) is 9.36 Å². The number of carbonyl (C=O) groups is 1. The molecule has 3 heterocycles. The summed E-state index contributed by atoms with van der Waals surface area (Å²) >= 11 is 17.1. The number of aromatic nitrogens is 2. The second kappa shape index (κ2) is 15.7. The molecule has 272 valence electrons. The Bertz CT molecular complexity index is 2050. The van der Waals surface area contributed by atoms with Gasteiger partial charge in [0.05, 0.1) is 29.8 Å². The van der Waals surface area contributed by atoms with Gasteiger partial charge in [-0.05, 0) is 58.9 Å². The van der Waals surface area contributed by atoms with Crippen molar-refractivity contribution in [3.63, 3.8) is 0 Å². The number of fused-ring (bicyclic) bond motifs is 1. The standard InChI is InChI=1S/C40H41Cl3N4O5/c1-25-35(23-46-19-17-32(18-20-46)47-34-8-3-2-7-33(34)45-39(47)50)51-37(52-36(25)29-11-9-26(24-48)10-12-29)30-15-13-28(14-16-30)31-6-4-5-27(21-31)22-44-38(49)40(41,42)43/h2-16,21,25,32,35-37,48H,17-20,22-24H2,1H3,(H,44,49)(H,45,50)/t25-,35+,36+,37+/m0/s1. The highest BCUT2D eigenvalue weighted by Crippen LogP contribution is 2.42. The second-order valence-corrected chi connectivity index (χ2v) is 16.0. The Balaban J connectivity index is 1.07. The number of rotatable bonds is 9. The number of para-hydroxylation sites is 2. The second-order valence-electron chi connectivity index (χ2n) is 13.7. The molecule has 5 aromatic rings. The molecule has 4 atom stereocenters. The summed E-state index contributed by atoms with van der Waals surface area (Å²) in [4.78, 5) is 30.4. The van der Waals surface area contributed by atoms with E-state index in [1.54, 1.807) is 0 Å². The topological polar surface area (TPSA) is 109 Å². The first-order valence-corrected chi connectivity index (χ1v) is 18.7. The van der Waals surface area contributed by atoms with Gasteiger partial charge < -0.3 is 29.8 Å². The summed E-state index contributed by atoms with van der Waals surface area (Å²) in [7, 11) is 0. The fourth-order valence-electron chi connectivity index (χ4n) is 7.36. The zero-order valence-electron chi connectivity index (χ0n) is 28.7. The first-order valence-electron chi connectivity index (χ1n) is 17.5. The van der Waals surface area contributed by atoms with Crippen LogP contribution in [0.1, 0.15) is 60.5 Å². The van der Waals surface area contributed by atoms with Gasteiger partial charge in [0.15, 0.2) is 6.29 Å². The van der Waals surface area contributed by atoms with Crippen molar-refractivity contribution in [2.75, 3.05) is 19.6 Å². The smallest absolute Gasteiger partial charge is 0.326 e. The molecule has 1 aromatic heterocycles. The number of H-pyrrole nitrogens is 1. The Labute approximate surface area is 317 Å². The lowest BCUT2D eigenvalue weighted by molar-refractivity contribution is -0.276. The maximum absolute atomic E-state index is 12.9. The van der Waals surface area contributed by atoms with Crippen LogP contribution in [0.4, 0.5) is 0 Å². The summed E-state index contributed by atoms with van der Waals surface area (Å²) in [6.07, 6.45) is 0.808. The number of aliphatic hydroxyl groups excluding tert-OH is 1. The number of piperidine rings is 1. The number of likely N-dealkylation sites (tertiary alicyclic amines) is 1. The Morgan fingerprint density at radius 2 is 1.60 bits per heavy atom. The zero-order valence-corrected chi connectivity index (χ0v) is 31.0. The van der Waals surface area contributed by atoms with Gasteiger partial charge in [0.25, 0.3) is 9.70 Å². The minimum absolute atomic E-state index is 0.0187. The van der Waals surface area contributed by atoms with Crippen LogP contribution in [0.2, 0.25) is 0 Å². The average Bonchev–Trinajstić information content (AvgIpc) is 3.50. The van der Waals surface area contributed by atoms with Crippen molar-refractivity contribution in [1.29, 1.82) is 0 Å². The molecule has 2 aliphatic heterocycles. The number of benzene rings is 4. The SMILES string of the molecule is C[C@H]1[C@@H](CN2CCC(n3c(=O)[nH]c4ccccc43)CC2)O[C@@H](c2ccc(-c3cccc(CNC(=O)C(Cl)(Cl)Cl)c3)cc2)O[C@H]1c1ccc(CO)cc1. The lowest BCUT2D eigenvalue weighted by Crippen LogP contribution is -2.47. The van der Waals surface area contributed by atoms with Crippen LogP contribution in [0.15, 0.2) is 102 Å². The van der Waals surface area contributed by atoms with Crippen molar-refractivity contribution in [3.05, 3.63) is 130 Å². The molecule has 1 amide bonds. The third-order valence-electron chi connectivity index (χ3n) is 10.3. The number of nitrogens with zero attached hydrogens (tertiary/aromatic N) is 2. The maximum atomic E-state index is 12.9. The molecule has 7 rings (SSSR count). The molecule has 2 fully saturated rings. The average molecular weight is 764 g/mol. The highest BCUT2D eigenvalue weighted by molar-refractivity contribution is 6.76. The Morgan fingerprint density at radius 1 is 0.885 bits per heavy atom. The molecule has 12 heteroatoms. The van der Waals surface area contributed by atoms with Crippen LogP contribution in [0.25, 0.3) is 22.2 Å². The molecular weight excluding hydrogens is 723 g/mol. The van der Waals surface area contributed by atoms with E-state index in [4.69, 9.17) is 44.3 Å². The molecule has 3 N–H and O–H groups in total. The van der Waals surface area contributed by atoms with Crippen LogP contribution in [-0.2, 0) is 27.4 Å². The van der Waals surface area contributed by atoms with Crippen LogP contribution >= 0.6 is 34.8 Å². The van der Waals surface area contributed by atoms with Crippen molar-refractivity contribution in [1.82, 2.24) is 19.8 Å². The lowest BCUT2D eigenvalue weighted by Gasteiger charge is -2.44. The van der Waals surface area contributed by atoms with Crippen molar-refractivity contribution in [3.8, 4) is 11.1 Å². The molecule has 4 aromatic carbocycles. The van der Waals surface area contributed by atoms with Gasteiger partial charge in [-0.1, -0.05) is 121 Å². The van der Waals surface area contributed by atoms with E-state index in [9.17, 15) is 14.7 Å². The van der Waals surface area contributed by atoms with Gasteiger partial charge >= 0.3 is 5.69 Å². The molecule has 0 unspecified atom stereocenters. The van der Waals surface area contributed by atoms with Gasteiger partial charge in [0.2, 0.25) is 0 Å². The fraction of sp³-hybridized carbons (Fsp3) is 0.350. The Hall–Kier alpha value is -3.67. The zero-order chi connectivity index (χ0) is 36.4. The number of carbonyl (C=O) groups excluding carboxylic acids is 1. The number of imidazole rings is 1. The third kappa shape index (κ3) is 8.11. The third-order valence-corrected chi connectivity index (χ3v) is 10.8. The summed E-state index contributed by atoms with van der Waals surface area (Å²) in [5.41, 5.74) is 7.40. The van der Waals surface area contributed by atoms with E-state index in [-0.39, 0.29) is 43.0 Å². The van der Waals surface area contributed by atoms with Crippen LogP contribution < -0.4 is 11.0 Å². The number of halogens is 3. The number of ether oxygens (including phenoxy) is 2. The highest BCUT2D eigenvalue weighted by atomic mass is 35.6. The molecular formula is C40H41Cl3N4O5. The summed E-state index contributed by atoms with van der Waals surface area (Å²) in [5, 5.41) is 12.3. The number of nitrogens with one attached hydrogen (secondary N) is 2. The molecule has 2 saturated heterocycles. The van der Waals surface area contributed by atoms with Gasteiger partial charge in [0, 0.05) is 43.7 Å². The van der Waals surface area contributed by atoms with E-state index in [1.807, 2.05) is 102 Å². The molecule has 0 bridgehead atoms. The summed E-state index contributed by atoms with van der Waals surface area (Å²) in [5.74, 6) is -0.629. The lowest BCUT2D eigenvalue weighted by atomic mass is 9.89. The number of amides is 1. The first-order chi connectivity index (χ1) is 25.1. The van der Waals surface area contributed by atoms with Crippen molar-refractivity contribution >= 4 is 51.7 Å². The highest BCUT2D eigenvalue weighted by Gasteiger charge is 2.40. The minimum Gasteiger partial charge on any atom is -0.392 e. The predicted octanol–water partition coefficient (Wildman–Crippen LogP) is 7.60. The molecule has 52 heavy (non-hydrogen) atoms. The number of hydrogen-bond donors (Lipinski definition) is 3. The number of aromatic amines is 1. The van der Waals surface area contributed by atoms with E-state index in [0.29, 0.717) is 0 Å². The van der Waals surface area contributed by atoms with E-state index in [0.717, 1.165) is 76.9 Å². The molecule has 0 radical (unpaired) electrons. The molecule has 0 aliphatic carbocycles. The van der Waals surface area contributed by atoms with Gasteiger partial charge in [0.1, 0.15) is 0 Å². The quantitative estimate of drug-likeness (QED) is 0.134. The Kier molecular flexibility index (Phi) is 11.1. The molecule has 2 aliphatic rings. The van der Waals surface area contributed by atoms with Crippen LogP contribution in [0, 0.1) is 5.92 Å². The summed E-state index contributed by atoms with van der Waals surface area (Å²) in [6, 6.07) is 31.9. The van der Waals surface area contributed by atoms with E-state index >= 15 is 0 Å². The van der Waals surface area contributed by atoms with Crippen molar-refractivity contribution in [2.45, 2.75) is 61.2 Å². The molecule has 9 nitrogen and oxygen atoms in total. The monoisotopic (exact) mass is 762 g/mol. The maximum Gasteiger partial charge on any atom is 0.326 e. The minimum atomic E-state index is -2.02.